The molecule has 1 amide bonds. The largest absolute Gasteiger partial charge is 0.368 e. The summed E-state index contributed by atoms with van der Waals surface area (Å²) >= 11 is 0. The molecule has 122 valence electrons. The van der Waals surface area contributed by atoms with E-state index in [1.54, 1.807) is 12.1 Å². The van der Waals surface area contributed by atoms with Crippen LogP contribution >= 0.6 is 0 Å². The molecule has 23 heavy (non-hydrogen) atoms. The zero-order chi connectivity index (χ0) is 16.4. The van der Waals surface area contributed by atoms with Crippen LogP contribution in [0.2, 0.25) is 0 Å². The fraction of sp³-hybridized carbons (Fsp3) is 0.412. The summed E-state index contributed by atoms with van der Waals surface area (Å²) in [6.07, 6.45) is 0. The van der Waals surface area contributed by atoms with E-state index in [0.717, 1.165) is 31.0 Å². The molecule has 2 aromatic rings. The molecule has 0 radical (unpaired) electrons. The van der Waals surface area contributed by atoms with E-state index in [4.69, 9.17) is 0 Å². The molecule has 1 aliphatic rings. The fourth-order valence-corrected chi connectivity index (χ4v) is 2.92. The molecule has 0 spiro atoms. The van der Waals surface area contributed by atoms with Gasteiger partial charge in [0.25, 0.3) is 5.91 Å². The summed E-state index contributed by atoms with van der Waals surface area (Å²) in [6.45, 7) is 7.51. The molecule has 0 aliphatic carbocycles. The number of hydrogen-bond acceptors (Lipinski definition) is 3. The van der Waals surface area contributed by atoms with Crippen molar-refractivity contribution in [2.24, 2.45) is 0 Å². The zero-order valence-electron chi connectivity index (χ0n) is 13.5. The fourth-order valence-electron chi connectivity index (χ4n) is 2.92. The number of anilines is 1. The third-order valence-electron chi connectivity index (χ3n) is 4.26. The molecule has 1 fully saturated rings. The Kier molecular flexibility index (Phi) is 4.32. The quantitative estimate of drug-likeness (QED) is 0.872. The predicted octanol–water partition coefficient (Wildman–Crippen LogP) is 2.31. The lowest BCUT2D eigenvalue weighted by Gasteiger charge is -2.35. The van der Waals surface area contributed by atoms with Crippen molar-refractivity contribution in [2.45, 2.75) is 20.4 Å². The number of nitrogens with zero attached hydrogens (tertiary/aromatic N) is 4. The summed E-state index contributed by atoms with van der Waals surface area (Å²) in [5.41, 5.74) is 2.50. The van der Waals surface area contributed by atoms with Gasteiger partial charge in [-0.2, -0.15) is 5.10 Å². The average molecular weight is 316 g/mol. The van der Waals surface area contributed by atoms with Crippen LogP contribution in [0.15, 0.2) is 30.3 Å². The first-order chi connectivity index (χ1) is 11.1. The van der Waals surface area contributed by atoms with E-state index in [1.165, 1.54) is 12.1 Å². The van der Waals surface area contributed by atoms with Gasteiger partial charge in [0.05, 0.1) is 0 Å². The third-order valence-corrected chi connectivity index (χ3v) is 4.26. The normalized spacial score (nSPS) is 15.1. The van der Waals surface area contributed by atoms with Crippen LogP contribution in [0.1, 0.15) is 23.1 Å². The first-order valence-electron chi connectivity index (χ1n) is 7.92. The molecule has 1 aromatic carbocycles. The van der Waals surface area contributed by atoms with Crippen LogP contribution in [-0.2, 0) is 6.54 Å². The highest BCUT2D eigenvalue weighted by Crippen LogP contribution is 2.18. The van der Waals surface area contributed by atoms with Crippen LogP contribution in [0.25, 0.3) is 0 Å². The number of aromatic nitrogens is 2. The van der Waals surface area contributed by atoms with Gasteiger partial charge >= 0.3 is 0 Å². The Balaban J connectivity index is 1.64. The van der Waals surface area contributed by atoms with Gasteiger partial charge in [-0.3, -0.25) is 9.48 Å². The number of carbonyl (C=O) groups is 1. The second kappa shape index (κ2) is 6.40. The van der Waals surface area contributed by atoms with Crippen molar-refractivity contribution >= 4 is 11.6 Å². The first-order valence-corrected chi connectivity index (χ1v) is 7.92. The lowest BCUT2D eigenvalue weighted by Crippen LogP contribution is -2.48. The molecular weight excluding hydrogens is 295 g/mol. The number of aryl methyl sites for hydroxylation is 2. The van der Waals surface area contributed by atoms with E-state index in [9.17, 15) is 9.18 Å². The van der Waals surface area contributed by atoms with Crippen molar-refractivity contribution in [2.75, 3.05) is 31.1 Å². The number of amides is 1. The number of piperazine rings is 1. The van der Waals surface area contributed by atoms with Gasteiger partial charge in [-0.25, -0.2) is 4.39 Å². The molecule has 3 rings (SSSR count). The zero-order valence-corrected chi connectivity index (χ0v) is 13.5. The molecule has 5 nitrogen and oxygen atoms in total. The molecule has 1 saturated heterocycles. The van der Waals surface area contributed by atoms with Crippen LogP contribution in [0.4, 0.5) is 10.1 Å². The maximum atomic E-state index is 13.0. The molecule has 0 bridgehead atoms. The van der Waals surface area contributed by atoms with Crippen molar-refractivity contribution in [1.82, 2.24) is 14.7 Å². The van der Waals surface area contributed by atoms with E-state index >= 15 is 0 Å². The standard InChI is InChI=1S/C17H21FN4O/c1-3-22-13(2)12-16(19-22)17(23)21-10-8-20(9-11-21)15-6-4-14(18)5-7-15/h4-7,12H,3,8-11H2,1-2H3. The summed E-state index contributed by atoms with van der Waals surface area (Å²) in [7, 11) is 0. The molecular formula is C17H21FN4O. The van der Waals surface area contributed by atoms with E-state index in [0.29, 0.717) is 18.8 Å². The van der Waals surface area contributed by atoms with Crippen molar-refractivity contribution in [3.05, 3.63) is 47.5 Å². The lowest BCUT2D eigenvalue weighted by atomic mass is 10.2. The average Bonchev–Trinajstić information content (AvgIpc) is 2.96. The Hall–Kier alpha value is -2.37. The number of carbonyl (C=O) groups excluding carboxylic acids is 1. The van der Waals surface area contributed by atoms with Crippen LogP contribution in [0.5, 0.6) is 0 Å². The third kappa shape index (κ3) is 3.21. The number of hydrogen-bond donors (Lipinski definition) is 0. The summed E-state index contributed by atoms with van der Waals surface area (Å²) < 4.78 is 14.8. The molecule has 0 saturated carbocycles. The minimum absolute atomic E-state index is 0.0148. The minimum Gasteiger partial charge on any atom is -0.368 e. The summed E-state index contributed by atoms with van der Waals surface area (Å²) in [5.74, 6) is -0.247. The Bertz CT molecular complexity index is 687. The smallest absolute Gasteiger partial charge is 0.274 e. The number of benzene rings is 1. The number of rotatable bonds is 3. The minimum atomic E-state index is -0.232. The Labute approximate surface area is 135 Å². The predicted molar refractivity (Wildman–Crippen MR) is 87.2 cm³/mol. The van der Waals surface area contributed by atoms with E-state index < -0.39 is 0 Å². The number of halogens is 1. The van der Waals surface area contributed by atoms with Gasteiger partial charge in [0.2, 0.25) is 0 Å². The molecule has 0 unspecified atom stereocenters. The molecule has 2 heterocycles. The maximum Gasteiger partial charge on any atom is 0.274 e. The molecule has 1 aliphatic heterocycles. The van der Waals surface area contributed by atoms with Crippen LogP contribution < -0.4 is 4.90 Å². The summed E-state index contributed by atoms with van der Waals surface area (Å²) in [4.78, 5) is 16.6. The van der Waals surface area contributed by atoms with Gasteiger partial charge in [0.15, 0.2) is 5.69 Å². The topological polar surface area (TPSA) is 41.4 Å². The van der Waals surface area contributed by atoms with Gasteiger partial charge in [-0.1, -0.05) is 0 Å². The van der Waals surface area contributed by atoms with Crippen LogP contribution in [0.3, 0.4) is 0 Å². The maximum absolute atomic E-state index is 13.0. The SMILES string of the molecule is CCn1nc(C(=O)N2CCN(c3ccc(F)cc3)CC2)cc1C. The van der Waals surface area contributed by atoms with Crippen LogP contribution in [-0.4, -0.2) is 46.8 Å². The second-order valence-electron chi connectivity index (χ2n) is 5.74. The van der Waals surface area contributed by atoms with E-state index in [1.807, 2.05) is 29.5 Å². The first kappa shape index (κ1) is 15.5. The van der Waals surface area contributed by atoms with Gasteiger partial charge in [-0.05, 0) is 44.2 Å². The van der Waals surface area contributed by atoms with Crippen molar-refractivity contribution in [1.29, 1.82) is 0 Å². The Morgan fingerprint density at radius 1 is 1.17 bits per heavy atom. The highest BCUT2D eigenvalue weighted by molar-refractivity contribution is 5.92. The van der Waals surface area contributed by atoms with Crippen LogP contribution in [0, 0.1) is 12.7 Å². The van der Waals surface area contributed by atoms with E-state index in [2.05, 4.69) is 10.00 Å². The summed E-state index contributed by atoms with van der Waals surface area (Å²) in [6, 6.07) is 8.33. The Morgan fingerprint density at radius 3 is 2.39 bits per heavy atom. The van der Waals surface area contributed by atoms with Crippen molar-refractivity contribution < 1.29 is 9.18 Å². The molecule has 0 N–H and O–H groups in total. The van der Waals surface area contributed by atoms with Gasteiger partial charge in [-0.15, -0.1) is 0 Å². The van der Waals surface area contributed by atoms with E-state index in [-0.39, 0.29) is 11.7 Å². The van der Waals surface area contributed by atoms with Gasteiger partial charge < -0.3 is 9.80 Å². The summed E-state index contributed by atoms with van der Waals surface area (Å²) in [5, 5.41) is 4.36. The molecule has 6 heteroatoms. The highest BCUT2D eigenvalue weighted by Gasteiger charge is 2.24. The Morgan fingerprint density at radius 2 is 1.83 bits per heavy atom. The second-order valence-corrected chi connectivity index (χ2v) is 5.74. The molecule has 1 aromatic heterocycles. The molecule has 0 atom stereocenters. The van der Waals surface area contributed by atoms with Crippen molar-refractivity contribution in [3.8, 4) is 0 Å². The monoisotopic (exact) mass is 316 g/mol. The van der Waals surface area contributed by atoms with Gasteiger partial charge in [0.1, 0.15) is 5.82 Å². The lowest BCUT2D eigenvalue weighted by molar-refractivity contribution is 0.0740. The highest BCUT2D eigenvalue weighted by atomic mass is 19.1. The van der Waals surface area contributed by atoms with Crippen molar-refractivity contribution in [3.63, 3.8) is 0 Å². The van der Waals surface area contributed by atoms with Gasteiger partial charge in [0, 0.05) is 44.1 Å².